The molecule has 1 aromatic carbocycles. The largest absolute Gasteiger partial charge is 0.540 e. The summed E-state index contributed by atoms with van der Waals surface area (Å²) in [6.45, 7) is 15.5. The molecule has 0 bridgehead atoms. The van der Waals surface area contributed by atoms with Crippen LogP contribution in [0.1, 0.15) is 69.6 Å². The number of aromatic nitrogens is 1. The summed E-state index contributed by atoms with van der Waals surface area (Å²) < 4.78 is 12.7. The molecule has 2 aliphatic heterocycles. The Morgan fingerprint density at radius 2 is 1.71 bits per heavy atom. The molecular formula is C28H37N3O3Si. The maximum Gasteiger partial charge on any atom is 0.260 e. The van der Waals surface area contributed by atoms with Crippen molar-refractivity contribution >= 4 is 31.7 Å². The quantitative estimate of drug-likeness (QED) is 0.394. The third-order valence-electron chi connectivity index (χ3n) is 7.49. The first-order valence-corrected chi connectivity index (χ1v) is 14.6. The van der Waals surface area contributed by atoms with E-state index in [1.165, 1.54) is 0 Å². The van der Waals surface area contributed by atoms with E-state index >= 15 is 0 Å². The average molecular weight is 492 g/mol. The molecule has 0 aliphatic carbocycles. The van der Waals surface area contributed by atoms with Crippen LogP contribution in [0.5, 0.6) is 11.5 Å². The molecule has 0 unspecified atom stereocenters. The van der Waals surface area contributed by atoms with Gasteiger partial charge in [-0.15, -0.1) is 0 Å². The van der Waals surface area contributed by atoms with Gasteiger partial charge < -0.3 is 14.1 Å². The monoisotopic (exact) mass is 491 g/mol. The van der Waals surface area contributed by atoms with Crippen molar-refractivity contribution in [3.05, 3.63) is 53.5 Å². The number of hydrogen-bond donors (Lipinski definition) is 0. The van der Waals surface area contributed by atoms with Crippen LogP contribution in [-0.4, -0.2) is 43.5 Å². The van der Waals surface area contributed by atoms with Gasteiger partial charge in [0, 0.05) is 36.8 Å². The molecule has 1 atom stereocenters. The highest BCUT2D eigenvalue weighted by Gasteiger charge is 2.47. The highest BCUT2D eigenvalue weighted by atomic mass is 28.4. The standard InChI is InChI=1S/C28H37N3O3Si/c1-17(2)35(18(3)4,19(5)6)34-27-13-25-24(12-26(27)33-8)28(32)31-16-22(11-23(31)15-30-25)21-10-9-20(7)29-14-21/h9-10,12-19,23H,11H2,1-8H3/t23-/m0/s1. The van der Waals surface area contributed by atoms with Gasteiger partial charge in [0.05, 0.1) is 24.4 Å². The second kappa shape index (κ2) is 9.61. The van der Waals surface area contributed by atoms with Crippen molar-refractivity contribution in [2.45, 2.75) is 77.6 Å². The summed E-state index contributed by atoms with van der Waals surface area (Å²) in [6.07, 6.45) is 6.39. The number of carbonyl (C=O) groups is 1. The molecule has 1 amide bonds. The summed E-state index contributed by atoms with van der Waals surface area (Å²) >= 11 is 0. The van der Waals surface area contributed by atoms with E-state index in [1.54, 1.807) is 18.1 Å². The minimum Gasteiger partial charge on any atom is -0.540 e. The number of pyridine rings is 1. The Balaban J connectivity index is 1.72. The molecule has 186 valence electrons. The molecule has 6 nitrogen and oxygen atoms in total. The van der Waals surface area contributed by atoms with E-state index in [1.807, 2.05) is 37.7 Å². The Labute approximate surface area is 210 Å². The van der Waals surface area contributed by atoms with Gasteiger partial charge >= 0.3 is 0 Å². The number of methoxy groups -OCH3 is 1. The minimum absolute atomic E-state index is 0.0810. The molecule has 2 aliphatic rings. The number of aryl methyl sites for hydroxylation is 1. The number of ether oxygens (including phenoxy) is 1. The molecule has 3 heterocycles. The van der Waals surface area contributed by atoms with Crippen LogP contribution in [0.3, 0.4) is 0 Å². The lowest BCUT2D eigenvalue weighted by molar-refractivity contribution is 0.0817. The van der Waals surface area contributed by atoms with E-state index in [0.717, 1.165) is 16.8 Å². The maximum atomic E-state index is 13.6. The summed E-state index contributed by atoms with van der Waals surface area (Å²) in [5.41, 5.74) is 5.50. The van der Waals surface area contributed by atoms with Crippen LogP contribution in [0.25, 0.3) is 5.57 Å². The number of carbonyl (C=O) groups excluding carboxylic acids is 1. The zero-order valence-corrected chi connectivity index (χ0v) is 23.1. The van der Waals surface area contributed by atoms with E-state index < -0.39 is 8.32 Å². The van der Waals surface area contributed by atoms with Crippen molar-refractivity contribution in [3.63, 3.8) is 0 Å². The van der Waals surface area contributed by atoms with Crippen molar-refractivity contribution in [3.8, 4) is 11.5 Å². The van der Waals surface area contributed by atoms with Crippen LogP contribution < -0.4 is 9.16 Å². The molecule has 0 spiro atoms. The molecule has 0 saturated heterocycles. The van der Waals surface area contributed by atoms with Crippen molar-refractivity contribution in [1.29, 1.82) is 0 Å². The summed E-state index contributed by atoms with van der Waals surface area (Å²) in [5, 5.41) is 0. The van der Waals surface area contributed by atoms with Gasteiger partial charge in [0.25, 0.3) is 14.2 Å². The fourth-order valence-electron chi connectivity index (χ4n) is 5.74. The number of aliphatic imine (C=N–C) groups is 1. The highest BCUT2D eigenvalue weighted by Crippen LogP contribution is 2.47. The van der Waals surface area contributed by atoms with Gasteiger partial charge in [-0.3, -0.25) is 14.8 Å². The van der Waals surface area contributed by atoms with Gasteiger partial charge in [-0.05, 0) is 46.8 Å². The summed E-state index contributed by atoms with van der Waals surface area (Å²) in [4.78, 5) is 24.6. The number of fused-ring (bicyclic) bond motifs is 2. The summed E-state index contributed by atoms with van der Waals surface area (Å²) in [5.74, 6) is 1.18. The van der Waals surface area contributed by atoms with E-state index in [4.69, 9.17) is 14.2 Å². The van der Waals surface area contributed by atoms with E-state index in [-0.39, 0.29) is 11.9 Å². The predicted molar refractivity (Wildman–Crippen MR) is 144 cm³/mol. The fraction of sp³-hybridized carbons (Fsp3) is 0.464. The lowest BCUT2D eigenvalue weighted by Crippen LogP contribution is -2.50. The zero-order valence-electron chi connectivity index (χ0n) is 22.1. The fourth-order valence-corrected chi connectivity index (χ4v) is 11.0. The molecule has 2 aromatic rings. The third-order valence-corrected chi connectivity index (χ3v) is 13.5. The first kappa shape index (κ1) is 25.2. The van der Waals surface area contributed by atoms with Gasteiger partial charge in [0.2, 0.25) is 0 Å². The lowest BCUT2D eigenvalue weighted by atomic mass is 10.0. The highest BCUT2D eigenvalue weighted by molar-refractivity contribution is 6.78. The van der Waals surface area contributed by atoms with Gasteiger partial charge in [0.15, 0.2) is 5.75 Å². The van der Waals surface area contributed by atoms with Crippen LogP contribution in [-0.2, 0) is 0 Å². The van der Waals surface area contributed by atoms with Gasteiger partial charge in [-0.1, -0.05) is 47.6 Å². The Hall–Kier alpha value is -2.93. The Kier molecular flexibility index (Phi) is 6.91. The molecule has 1 aromatic heterocycles. The first-order chi connectivity index (χ1) is 16.6. The molecule has 35 heavy (non-hydrogen) atoms. The number of hydrogen-bond acceptors (Lipinski definition) is 5. The average Bonchev–Trinajstić information content (AvgIpc) is 3.19. The number of rotatable bonds is 7. The number of nitrogens with zero attached hydrogens (tertiary/aromatic N) is 3. The Morgan fingerprint density at radius 3 is 2.29 bits per heavy atom. The normalized spacial score (nSPS) is 17.6. The van der Waals surface area contributed by atoms with Crippen LogP contribution >= 0.6 is 0 Å². The number of amides is 1. The second-order valence-corrected chi connectivity index (χ2v) is 15.9. The SMILES string of the molecule is COc1cc2c(cc1O[Si](C(C)C)(C(C)C)C(C)C)N=C[C@@H]1CC(c3ccc(C)nc3)=CN1C2=O. The predicted octanol–water partition coefficient (Wildman–Crippen LogP) is 6.92. The van der Waals surface area contributed by atoms with Crippen molar-refractivity contribution in [2.24, 2.45) is 4.99 Å². The van der Waals surface area contributed by atoms with E-state index in [9.17, 15) is 4.79 Å². The Bertz CT molecular complexity index is 1150. The summed E-state index contributed by atoms with van der Waals surface area (Å²) in [6, 6.07) is 7.61. The molecule has 0 radical (unpaired) electrons. The lowest BCUT2D eigenvalue weighted by Gasteiger charge is -2.42. The molecule has 4 rings (SSSR count). The summed E-state index contributed by atoms with van der Waals surface area (Å²) in [7, 11) is -0.579. The van der Waals surface area contributed by atoms with Gasteiger partial charge in [-0.2, -0.15) is 0 Å². The Morgan fingerprint density at radius 1 is 1.03 bits per heavy atom. The van der Waals surface area contributed by atoms with Crippen LogP contribution in [0, 0.1) is 6.92 Å². The van der Waals surface area contributed by atoms with Gasteiger partial charge in [-0.25, -0.2) is 0 Å². The first-order valence-electron chi connectivity index (χ1n) is 12.5. The minimum atomic E-state index is -2.21. The molecule has 0 N–H and O–H groups in total. The third kappa shape index (κ3) is 4.42. The van der Waals surface area contributed by atoms with Crippen LogP contribution in [0.2, 0.25) is 16.6 Å². The van der Waals surface area contributed by atoms with Gasteiger partial charge in [0.1, 0.15) is 5.75 Å². The van der Waals surface area contributed by atoms with E-state index in [2.05, 4.69) is 52.6 Å². The molecule has 0 fully saturated rings. The molecule has 0 saturated carbocycles. The van der Waals surface area contributed by atoms with Crippen molar-refractivity contribution in [1.82, 2.24) is 9.88 Å². The second-order valence-electron chi connectivity index (χ2n) is 10.5. The van der Waals surface area contributed by atoms with E-state index in [0.29, 0.717) is 45.8 Å². The van der Waals surface area contributed by atoms with Crippen LogP contribution in [0.4, 0.5) is 5.69 Å². The smallest absolute Gasteiger partial charge is 0.260 e. The van der Waals surface area contributed by atoms with Crippen LogP contribution in [0.15, 0.2) is 41.7 Å². The maximum absolute atomic E-state index is 13.6. The molecule has 7 heteroatoms. The van der Waals surface area contributed by atoms with Crippen molar-refractivity contribution < 1.29 is 14.0 Å². The zero-order chi connectivity index (χ0) is 25.5. The topological polar surface area (TPSA) is 64.0 Å². The van der Waals surface area contributed by atoms with Crippen molar-refractivity contribution in [2.75, 3.05) is 7.11 Å². The molecular weight excluding hydrogens is 454 g/mol. The number of benzene rings is 1.